The predicted molar refractivity (Wildman–Crippen MR) is 76.7 cm³/mol. The zero-order valence-electron chi connectivity index (χ0n) is 11.7. The van der Waals surface area contributed by atoms with Crippen LogP contribution in [0.25, 0.3) is 0 Å². The molecule has 0 aliphatic rings. The van der Waals surface area contributed by atoms with E-state index in [1.54, 1.807) is 0 Å². The van der Waals surface area contributed by atoms with Gasteiger partial charge in [0.1, 0.15) is 17.1 Å². The van der Waals surface area contributed by atoms with E-state index in [2.05, 4.69) is 6.92 Å². The summed E-state index contributed by atoms with van der Waals surface area (Å²) in [6.07, 6.45) is 8.41. The van der Waals surface area contributed by atoms with E-state index in [1.807, 2.05) is 0 Å². The fourth-order valence-corrected chi connectivity index (χ4v) is 2.18. The third-order valence-corrected chi connectivity index (χ3v) is 3.31. The number of Topliss-reactive ketones (excluding diaryl/α,β-unsaturated/α-hetero) is 1. The van der Waals surface area contributed by atoms with Crippen LogP contribution < -0.4 is 0 Å². The highest BCUT2D eigenvalue weighted by atomic mass is 16.3. The molecule has 0 saturated carbocycles. The van der Waals surface area contributed by atoms with Gasteiger partial charge in [0.25, 0.3) is 0 Å². The van der Waals surface area contributed by atoms with Crippen molar-refractivity contribution in [2.45, 2.75) is 58.3 Å². The molecule has 2 N–H and O–H groups in total. The van der Waals surface area contributed by atoms with Crippen LogP contribution in [0.4, 0.5) is 0 Å². The molecular weight excluding hydrogens is 240 g/mol. The topological polar surface area (TPSA) is 57.5 Å². The van der Waals surface area contributed by atoms with E-state index in [4.69, 9.17) is 0 Å². The summed E-state index contributed by atoms with van der Waals surface area (Å²) in [6, 6.07) is 4.38. The van der Waals surface area contributed by atoms with Crippen LogP contribution in [0.3, 0.4) is 0 Å². The van der Waals surface area contributed by atoms with Crippen molar-refractivity contribution in [1.82, 2.24) is 0 Å². The fraction of sp³-hybridized carbons (Fsp3) is 0.562. The summed E-state index contributed by atoms with van der Waals surface area (Å²) >= 11 is 0. The predicted octanol–water partition coefficient (Wildman–Crippen LogP) is 4.42. The van der Waals surface area contributed by atoms with E-state index in [-0.39, 0.29) is 22.8 Å². The number of hydrogen-bond donors (Lipinski definition) is 2. The second kappa shape index (κ2) is 8.57. The summed E-state index contributed by atoms with van der Waals surface area (Å²) < 4.78 is 0. The number of hydrogen-bond acceptors (Lipinski definition) is 3. The smallest absolute Gasteiger partial charge is 0.170 e. The zero-order chi connectivity index (χ0) is 14.1. The molecule has 106 valence electrons. The van der Waals surface area contributed by atoms with Gasteiger partial charge in [0.2, 0.25) is 0 Å². The van der Waals surface area contributed by atoms with Crippen molar-refractivity contribution in [3.05, 3.63) is 23.8 Å². The number of carbonyl (C=O) groups excluding carboxylic acids is 1. The van der Waals surface area contributed by atoms with Gasteiger partial charge in [-0.2, -0.15) is 0 Å². The minimum Gasteiger partial charge on any atom is -0.507 e. The largest absolute Gasteiger partial charge is 0.507 e. The molecule has 0 amide bonds. The van der Waals surface area contributed by atoms with E-state index >= 15 is 0 Å². The van der Waals surface area contributed by atoms with Gasteiger partial charge in [-0.25, -0.2) is 0 Å². The van der Waals surface area contributed by atoms with Crippen molar-refractivity contribution in [3.8, 4) is 11.5 Å². The van der Waals surface area contributed by atoms with Gasteiger partial charge in [-0.15, -0.1) is 0 Å². The van der Waals surface area contributed by atoms with Gasteiger partial charge in [-0.1, -0.05) is 51.5 Å². The molecule has 1 aromatic rings. The summed E-state index contributed by atoms with van der Waals surface area (Å²) in [4.78, 5) is 11.9. The molecule has 19 heavy (non-hydrogen) atoms. The highest BCUT2D eigenvalue weighted by molar-refractivity contribution is 6.01. The van der Waals surface area contributed by atoms with Gasteiger partial charge in [0.05, 0.1) is 0 Å². The second-order valence-corrected chi connectivity index (χ2v) is 4.97. The number of rotatable bonds is 9. The average molecular weight is 264 g/mol. The molecule has 0 radical (unpaired) electrons. The molecule has 0 aliphatic heterocycles. The summed E-state index contributed by atoms with van der Waals surface area (Å²) in [7, 11) is 0. The number of unbranched alkanes of at least 4 members (excludes halogenated alkanes) is 6. The van der Waals surface area contributed by atoms with Gasteiger partial charge < -0.3 is 10.2 Å². The third kappa shape index (κ3) is 5.33. The third-order valence-electron chi connectivity index (χ3n) is 3.31. The normalized spacial score (nSPS) is 10.6. The summed E-state index contributed by atoms with van der Waals surface area (Å²) in [5, 5.41) is 19.2. The molecular formula is C16H24O3. The Hall–Kier alpha value is -1.51. The maximum atomic E-state index is 11.9. The Kier molecular flexibility index (Phi) is 7.01. The Morgan fingerprint density at radius 2 is 1.47 bits per heavy atom. The Bertz CT molecular complexity index is 379. The first-order valence-corrected chi connectivity index (χ1v) is 7.21. The van der Waals surface area contributed by atoms with Crippen molar-refractivity contribution in [2.24, 2.45) is 0 Å². The summed E-state index contributed by atoms with van der Waals surface area (Å²) in [5.41, 5.74) is 0.0634. The Morgan fingerprint density at radius 3 is 2.05 bits per heavy atom. The minimum atomic E-state index is -0.177. The monoisotopic (exact) mass is 264 g/mol. The minimum absolute atomic E-state index is 0.0634. The highest BCUT2D eigenvalue weighted by Crippen LogP contribution is 2.28. The SMILES string of the molecule is CCCCCCCCCC(=O)c1c(O)cccc1O. The van der Waals surface area contributed by atoms with Crippen LogP contribution in [0.5, 0.6) is 11.5 Å². The molecule has 0 fully saturated rings. The standard InChI is InChI=1S/C16H24O3/c1-2-3-4-5-6-7-8-10-13(17)16-14(18)11-9-12-15(16)19/h9,11-12,18-19H,2-8,10H2,1H3. The van der Waals surface area contributed by atoms with Crippen molar-refractivity contribution in [1.29, 1.82) is 0 Å². The average Bonchev–Trinajstić information content (AvgIpc) is 2.37. The number of aromatic hydroxyl groups is 2. The first kappa shape index (κ1) is 15.5. The molecule has 0 aliphatic carbocycles. The molecule has 0 unspecified atom stereocenters. The van der Waals surface area contributed by atoms with Crippen LogP contribution in [-0.4, -0.2) is 16.0 Å². The van der Waals surface area contributed by atoms with Crippen LogP contribution >= 0.6 is 0 Å². The molecule has 0 aromatic heterocycles. The molecule has 1 rings (SSSR count). The first-order valence-electron chi connectivity index (χ1n) is 7.21. The number of ketones is 1. The van der Waals surface area contributed by atoms with Gasteiger partial charge in [0, 0.05) is 6.42 Å². The highest BCUT2D eigenvalue weighted by Gasteiger charge is 2.15. The Morgan fingerprint density at radius 1 is 0.947 bits per heavy atom. The molecule has 3 heteroatoms. The number of phenols is 2. The van der Waals surface area contributed by atoms with Crippen molar-refractivity contribution in [3.63, 3.8) is 0 Å². The maximum Gasteiger partial charge on any atom is 0.170 e. The van der Waals surface area contributed by atoms with Crippen molar-refractivity contribution in [2.75, 3.05) is 0 Å². The quantitative estimate of drug-likeness (QED) is 0.512. The summed E-state index contributed by atoms with van der Waals surface area (Å²) in [5.74, 6) is -0.440. The Labute approximate surface area is 115 Å². The summed E-state index contributed by atoms with van der Waals surface area (Å²) in [6.45, 7) is 2.19. The molecule has 0 atom stereocenters. The molecule has 0 saturated heterocycles. The van der Waals surface area contributed by atoms with E-state index in [0.29, 0.717) is 6.42 Å². The lowest BCUT2D eigenvalue weighted by Crippen LogP contribution is -2.00. The van der Waals surface area contributed by atoms with E-state index in [1.165, 1.54) is 43.9 Å². The van der Waals surface area contributed by atoms with Gasteiger partial charge in [-0.3, -0.25) is 4.79 Å². The lowest BCUT2D eigenvalue weighted by Gasteiger charge is -2.06. The number of benzene rings is 1. The van der Waals surface area contributed by atoms with Crippen LogP contribution in [-0.2, 0) is 0 Å². The van der Waals surface area contributed by atoms with Gasteiger partial charge >= 0.3 is 0 Å². The maximum absolute atomic E-state index is 11.9. The molecule has 0 spiro atoms. The molecule has 3 nitrogen and oxygen atoms in total. The Balaban J connectivity index is 2.28. The molecule has 1 aromatic carbocycles. The van der Waals surface area contributed by atoms with E-state index in [0.717, 1.165) is 19.3 Å². The number of carbonyl (C=O) groups is 1. The zero-order valence-corrected chi connectivity index (χ0v) is 11.7. The van der Waals surface area contributed by atoms with Gasteiger partial charge in [0.15, 0.2) is 5.78 Å². The van der Waals surface area contributed by atoms with E-state index < -0.39 is 0 Å². The molecule has 0 heterocycles. The van der Waals surface area contributed by atoms with Gasteiger partial charge in [-0.05, 0) is 18.6 Å². The van der Waals surface area contributed by atoms with Crippen LogP contribution in [0.2, 0.25) is 0 Å². The number of phenolic OH excluding ortho intramolecular Hbond substituents is 2. The second-order valence-electron chi connectivity index (χ2n) is 4.97. The molecule has 0 bridgehead atoms. The van der Waals surface area contributed by atoms with Crippen LogP contribution in [0, 0.1) is 0 Å². The van der Waals surface area contributed by atoms with Crippen molar-refractivity contribution < 1.29 is 15.0 Å². The first-order chi connectivity index (χ1) is 9.16. The van der Waals surface area contributed by atoms with E-state index in [9.17, 15) is 15.0 Å². The van der Waals surface area contributed by atoms with Crippen LogP contribution in [0.15, 0.2) is 18.2 Å². The van der Waals surface area contributed by atoms with Crippen molar-refractivity contribution >= 4 is 5.78 Å². The lowest BCUT2D eigenvalue weighted by atomic mass is 10.0. The van der Waals surface area contributed by atoms with Crippen LogP contribution in [0.1, 0.15) is 68.6 Å². The lowest BCUT2D eigenvalue weighted by molar-refractivity contribution is 0.0974. The fourth-order valence-electron chi connectivity index (χ4n) is 2.18.